The zero-order valence-electron chi connectivity index (χ0n) is 11.0. The van der Waals surface area contributed by atoms with Gasteiger partial charge < -0.3 is 5.73 Å². The van der Waals surface area contributed by atoms with E-state index in [0.29, 0.717) is 18.6 Å². The second kappa shape index (κ2) is 5.69. The number of primary amides is 1. The summed E-state index contributed by atoms with van der Waals surface area (Å²) in [4.78, 5) is 24.6. The maximum Gasteiger partial charge on any atom is 0.318 e. The first-order valence-electron chi connectivity index (χ1n) is 6.91. The van der Waals surface area contributed by atoms with Gasteiger partial charge in [0.25, 0.3) is 0 Å². The lowest BCUT2D eigenvalue weighted by Crippen LogP contribution is -2.47. The van der Waals surface area contributed by atoms with Crippen LogP contribution in [0, 0.1) is 5.92 Å². The minimum absolute atomic E-state index is 0.270. The monoisotopic (exact) mass is 253 g/mol. The summed E-state index contributed by atoms with van der Waals surface area (Å²) in [5.41, 5.74) is 4.97. The first-order valence-corrected chi connectivity index (χ1v) is 6.91. The molecule has 3 N–H and O–H groups in total. The van der Waals surface area contributed by atoms with Crippen molar-refractivity contribution in [1.82, 2.24) is 10.2 Å². The second-order valence-electron chi connectivity index (χ2n) is 5.73. The molecule has 2 aliphatic rings. The van der Waals surface area contributed by atoms with E-state index in [9.17, 15) is 9.59 Å². The summed E-state index contributed by atoms with van der Waals surface area (Å²) in [6, 6.07) is 0.294. The lowest BCUT2D eigenvalue weighted by molar-refractivity contribution is -0.122. The number of urea groups is 1. The Kier molecular flexibility index (Phi) is 4.22. The van der Waals surface area contributed by atoms with E-state index in [1.807, 2.05) is 0 Å². The predicted octanol–water partition coefficient (Wildman–Crippen LogP) is 1.22. The summed E-state index contributed by atoms with van der Waals surface area (Å²) in [5.74, 6) is 0.537. The molecular formula is C13H23N3O2. The van der Waals surface area contributed by atoms with Gasteiger partial charge in [-0.05, 0) is 44.4 Å². The Morgan fingerprint density at radius 2 is 1.61 bits per heavy atom. The van der Waals surface area contributed by atoms with Crippen LogP contribution >= 0.6 is 0 Å². The highest BCUT2D eigenvalue weighted by atomic mass is 16.2. The molecule has 0 bridgehead atoms. The first kappa shape index (κ1) is 13.3. The molecule has 18 heavy (non-hydrogen) atoms. The van der Waals surface area contributed by atoms with Crippen molar-refractivity contribution in [3.05, 3.63) is 0 Å². The molecule has 0 aromatic rings. The molecule has 3 amide bonds. The van der Waals surface area contributed by atoms with Crippen molar-refractivity contribution in [3.8, 4) is 0 Å². The molecule has 0 unspecified atom stereocenters. The quantitative estimate of drug-likeness (QED) is 0.791. The summed E-state index contributed by atoms with van der Waals surface area (Å²) in [7, 11) is 0. The summed E-state index contributed by atoms with van der Waals surface area (Å²) >= 11 is 0. The van der Waals surface area contributed by atoms with Gasteiger partial charge in [0.15, 0.2) is 0 Å². The van der Waals surface area contributed by atoms with Crippen molar-refractivity contribution in [1.29, 1.82) is 0 Å². The average molecular weight is 253 g/mol. The largest absolute Gasteiger partial charge is 0.351 e. The van der Waals surface area contributed by atoms with Crippen LogP contribution in [0.3, 0.4) is 0 Å². The Labute approximate surface area is 108 Å². The van der Waals surface area contributed by atoms with Crippen LogP contribution in [0.1, 0.15) is 45.4 Å². The number of carbonyl (C=O) groups is 2. The van der Waals surface area contributed by atoms with Gasteiger partial charge in [-0.3, -0.25) is 15.0 Å². The fraction of sp³-hybridized carbons (Fsp3) is 0.846. The minimum atomic E-state index is -0.756. The third kappa shape index (κ3) is 3.70. The summed E-state index contributed by atoms with van der Waals surface area (Å²) in [6.45, 7) is 2.60. The van der Waals surface area contributed by atoms with E-state index in [1.54, 1.807) is 0 Å². The lowest BCUT2D eigenvalue weighted by atomic mass is 9.86. The third-order valence-corrected chi connectivity index (χ3v) is 4.06. The molecular weight excluding hydrogens is 230 g/mol. The molecule has 0 aromatic heterocycles. The minimum Gasteiger partial charge on any atom is -0.351 e. The second-order valence-corrected chi connectivity index (χ2v) is 5.73. The van der Waals surface area contributed by atoms with Gasteiger partial charge >= 0.3 is 6.03 Å². The molecule has 2 rings (SSSR count). The molecule has 2 saturated carbocycles. The van der Waals surface area contributed by atoms with Gasteiger partial charge in [0.2, 0.25) is 5.91 Å². The molecule has 0 radical (unpaired) electrons. The van der Waals surface area contributed by atoms with Gasteiger partial charge in [0, 0.05) is 12.1 Å². The van der Waals surface area contributed by atoms with Crippen molar-refractivity contribution < 1.29 is 9.59 Å². The number of imide groups is 1. The number of nitrogens with zero attached hydrogens (tertiary/aromatic N) is 1. The van der Waals surface area contributed by atoms with Crippen LogP contribution in [0.2, 0.25) is 0 Å². The molecule has 0 spiro atoms. The molecule has 2 fully saturated rings. The standard InChI is InChI=1S/C13H23N3O2/c1-9-2-4-10(5-3-9)16(11-6-7-11)8-12(17)15-13(14)18/h9-11H,2-8H2,1H3,(H3,14,15,17,18). The number of nitrogens with two attached hydrogens (primary N) is 1. The molecule has 5 nitrogen and oxygen atoms in total. The summed E-state index contributed by atoms with van der Waals surface area (Å²) in [5, 5.41) is 2.16. The molecule has 0 saturated heterocycles. The Balaban J connectivity index is 1.87. The zero-order valence-corrected chi connectivity index (χ0v) is 11.0. The van der Waals surface area contributed by atoms with Crippen LogP contribution in [0.25, 0.3) is 0 Å². The van der Waals surface area contributed by atoms with Gasteiger partial charge in [0.1, 0.15) is 0 Å². The third-order valence-electron chi connectivity index (χ3n) is 4.06. The topological polar surface area (TPSA) is 75.4 Å². The highest BCUT2D eigenvalue weighted by Gasteiger charge is 2.36. The van der Waals surface area contributed by atoms with Crippen LogP contribution in [0.4, 0.5) is 4.79 Å². The zero-order chi connectivity index (χ0) is 13.1. The fourth-order valence-electron chi connectivity index (χ4n) is 2.88. The molecule has 0 atom stereocenters. The Hall–Kier alpha value is -1.10. The average Bonchev–Trinajstić information content (AvgIpc) is 3.10. The molecule has 2 aliphatic carbocycles. The van der Waals surface area contributed by atoms with Gasteiger partial charge in [0.05, 0.1) is 6.54 Å². The van der Waals surface area contributed by atoms with Crippen LogP contribution in [0.15, 0.2) is 0 Å². The molecule has 5 heteroatoms. The van der Waals surface area contributed by atoms with Crippen LogP contribution in [-0.4, -0.2) is 35.5 Å². The number of nitrogens with one attached hydrogen (secondary N) is 1. The van der Waals surface area contributed by atoms with Crippen molar-refractivity contribution in [2.45, 2.75) is 57.5 Å². The Bertz CT molecular complexity index is 320. The van der Waals surface area contributed by atoms with Crippen LogP contribution < -0.4 is 11.1 Å². The van der Waals surface area contributed by atoms with Gasteiger partial charge in [-0.15, -0.1) is 0 Å². The van der Waals surface area contributed by atoms with E-state index >= 15 is 0 Å². The van der Waals surface area contributed by atoms with Crippen LogP contribution in [-0.2, 0) is 4.79 Å². The number of hydrogen-bond acceptors (Lipinski definition) is 3. The highest BCUT2D eigenvalue weighted by Crippen LogP contribution is 2.34. The number of carbonyl (C=O) groups excluding carboxylic acids is 2. The Morgan fingerprint density at radius 3 is 2.06 bits per heavy atom. The first-order chi connectivity index (χ1) is 8.56. The Morgan fingerprint density at radius 1 is 1.11 bits per heavy atom. The van der Waals surface area contributed by atoms with Crippen LogP contribution in [0.5, 0.6) is 0 Å². The van der Waals surface area contributed by atoms with E-state index in [1.165, 1.54) is 38.5 Å². The smallest absolute Gasteiger partial charge is 0.318 e. The van der Waals surface area contributed by atoms with E-state index in [2.05, 4.69) is 17.1 Å². The molecule has 0 heterocycles. The fourth-order valence-corrected chi connectivity index (χ4v) is 2.88. The highest BCUT2D eigenvalue weighted by molar-refractivity contribution is 5.94. The number of rotatable bonds is 4. The van der Waals surface area contributed by atoms with E-state index < -0.39 is 6.03 Å². The van der Waals surface area contributed by atoms with Gasteiger partial charge in [-0.25, -0.2) is 4.79 Å². The number of hydrogen-bond donors (Lipinski definition) is 2. The van der Waals surface area contributed by atoms with Crippen molar-refractivity contribution in [2.24, 2.45) is 11.7 Å². The van der Waals surface area contributed by atoms with E-state index in [0.717, 1.165) is 5.92 Å². The van der Waals surface area contributed by atoms with E-state index in [4.69, 9.17) is 5.73 Å². The molecule has 0 aliphatic heterocycles. The van der Waals surface area contributed by atoms with Crippen molar-refractivity contribution in [3.63, 3.8) is 0 Å². The maximum atomic E-state index is 11.6. The van der Waals surface area contributed by atoms with Crippen molar-refractivity contribution >= 4 is 11.9 Å². The summed E-state index contributed by atoms with van der Waals surface area (Å²) < 4.78 is 0. The SMILES string of the molecule is CC1CCC(N(CC(=O)NC(N)=O)C2CC2)CC1. The van der Waals surface area contributed by atoms with E-state index in [-0.39, 0.29) is 5.91 Å². The summed E-state index contributed by atoms with van der Waals surface area (Å²) in [6.07, 6.45) is 7.17. The maximum absolute atomic E-state index is 11.6. The van der Waals surface area contributed by atoms with Gasteiger partial charge in [-0.2, -0.15) is 0 Å². The predicted molar refractivity (Wildman–Crippen MR) is 68.9 cm³/mol. The number of amides is 3. The molecule has 102 valence electrons. The van der Waals surface area contributed by atoms with Gasteiger partial charge in [-0.1, -0.05) is 6.92 Å². The molecule has 0 aromatic carbocycles. The van der Waals surface area contributed by atoms with Crippen molar-refractivity contribution in [2.75, 3.05) is 6.54 Å². The normalized spacial score (nSPS) is 28.1. The lowest BCUT2D eigenvalue weighted by Gasteiger charge is -2.35.